The second-order valence-corrected chi connectivity index (χ2v) is 4.95. The van der Waals surface area contributed by atoms with E-state index in [9.17, 15) is 4.39 Å². The first-order valence-electron chi connectivity index (χ1n) is 5.08. The van der Waals surface area contributed by atoms with E-state index in [1.807, 2.05) is 24.3 Å². The summed E-state index contributed by atoms with van der Waals surface area (Å²) < 4.78 is 14.5. The highest BCUT2D eigenvalue weighted by Gasteiger charge is 2.02. The molecule has 88 valence electrons. The molecule has 1 N–H and O–H groups in total. The van der Waals surface area contributed by atoms with Crippen molar-refractivity contribution in [2.24, 2.45) is 0 Å². The molecule has 1 nitrogen and oxygen atoms in total. The fourth-order valence-electron chi connectivity index (χ4n) is 1.43. The van der Waals surface area contributed by atoms with E-state index in [4.69, 9.17) is 11.6 Å². The molecular formula is C13H10BrClFN. The molecular weight excluding hydrogens is 305 g/mol. The van der Waals surface area contributed by atoms with Gasteiger partial charge in [0.15, 0.2) is 0 Å². The predicted octanol–water partition coefficient (Wildman–Crippen LogP) is 4.85. The third kappa shape index (κ3) is 3.45. The fourth-order valence-corrected chi connectivity index (χ4v) is 1.85. The van der Waals surface area contributed by atoms with E-state index < -0.39 is 0 Å². The van der Waals surface area contributed by atoms with Crippen LogP contribution in [0.1, 0.15) is 5.56 Å². The Morgan fingerprint density at radius 3 is 2.47 bits per heavy atom. The smallest absolute Gasteiger partial charge is 0.129 e. The van der Waals surface area contributed by atoms with Gasteiger partial charge in [-0.2, -0.15) is 0 Å². The molecule has 0 unspecified atom stereocenters. The van der Waals surface area contributed by atoms with Crippen LogP contribution in [0.3, 0.4) is 0 Å². The Balaban J connectivity index is 2.04. The third-order valence-electron chi connectivity index (χ3n) is 2.34. The first-order chi connectivity index (χ1) is 8.15. The Hall–Kier alpha value is -1.06. The van der Waals surface area contributed by atoms with E-state index in [2.05, 4.69) is 21.2 Å². The highest BCUT2D eigenvalue weighted by Crippen LogP contribution is 2.18. The molecule has 0 atom stereocenters. The SMILES string of the molecule is Fc1cc(Cl)ccc1CNc1ccc(Br)cc1. The van der Waals surface area contributed by atoms with Crippen molar-refractivity contribution in [2.45, 2.75) is 6.54 Å². The predicted molar refractivity (Wildman–Crippen MR) is 72.9 cm³/mol. The topological polar surface area (TPSA) is 12.0 Å². The standard InChI is InChI=1S/C13H10BrClFN/c14-10-2-5-12(6-3-10)17-8-9-1-4-11(15)7-13(9)16/h1-7,17H,8H2. The summed E-state index contributed by atoms with van der Waals surface area (Å²) in [7, 11) is 0. The Kier molecular flexibility index (Phi) is 4.02. The molecule has 0 bridgehead atoms. The van der Waals surface area contributed by atoms with Gasteiger partial charge in [-0.25, -0.2) is 4.39 Å². The van der Waals surface area contributed by atoms with Gasteiger partial charge in [-0.3, -0.25) is 0 Å². The van der Waals surface area contributed by atoms with Crippen LogP contribution in [-0.4, -0.2) is 0 Å². The summed E-state index contributed by atoms with van der Waals surface area (Å²) in [6, 6.07) is 12.4. The lowest BCUT2D eigenvalue weighted by Gasteiger charge is -2.07. The number of benzene rings is 2. The summed E-state index contributed by atoms with van der Waals surface area (Å²) >= 11 is 9.04. The van der Waals surface area contributed by atoms with E-state index in [0.29, 0.717) is 17.1 Å². The lowest BCUT2D eigenvalue weighted by molar-refractivity contribution is 0.613. The van der Waals surface area contributed by atoms with Crippen LogP contribution in [0.25, 0.3) is 0 Å². The van der Waals surface area contributed by atoms with E-state index in [1.165, 1.54) is 6.07 Å². The lowest BCUT2D eigenvalue weighted by Crippen LogP contribution is -2.01. The van der Waals surface area contributed by atoms with Crippen LogP contribution in [0.5, 0.6) is 0 Å². The molecule has 2 aromatic rings. The van der Waals surface area contributed by atoms with Crippen LogP contribution in [0.2, 0.25) is 5.02 Å². The van der Waals surface area contributed by atoms with Gasteiger partial charge in [0, 0.05) is 27.3 Å². The van der Waals surface area contributed by atoms with Crippen LogP contribution >= 0.6 is 27.5 Å². The third-order valence-corrected chi connectivity index (χ3v) is 3.11. The molecule has 0 saturated heterocycles. The molecule has 0 fully saturated rings. The maximum atomic E-state index is 13.5. The molecule has 2 rings (SSSR count). The van der Waals surface area contributed by atoms with Crippen molar-refractivity contribution in [2.75, 3.05) is 5.32 Å². The van der Waals surface area contributed by atoms with Crippen molar-refractivity contribution in [1.29, 1.82) is 0 Å². The molecule has 0 aliphatic heterocycles. The van der Waals surface area contributed by atoms with E-state index in [0.717, 1.165) is 10.2 Å². The summed E-state index contributed by atoms with van der Waals surface area (Å²) in [5.41, 5.74) is 1.54. The van der Waals surface area contributed by atoms with Gasteiger partial charge in [0.1, 0.15) is 5.82 Å². The average Bonchev–Trinajstić information content (AvgIpc) is 2.30. The minimum atomic E-state index is -0.290. The largest absolute Gasteiger partial charge is 0.381 e. The van der Waals surface area contributed by atoms with E-state index in [1.54, 1.807) is 12.1 Å². The Bertz CT molecular complexity index is 513. The normalized spacial score (nSPS) is 10.3. The maximum Gasteiger partial charge on any atom is 0.129 e. The highest BCUT2D eigenvalue weighted by molar-refractivity contribution is 9.10. The zero-order valence-corrected chi connectivity index (χ0v) is 11.2. The zero-order chi connectivity index (χ0) is 12.3. The number of halogens is 3. The summed E-state index contributed by atoms with van der Waals surface area (Å²) in [6.07, 6.45) is 0. The van der Waals surface area contributed by atoms with Crippen molar-refractivity contribution >= 4 is 33.2 Å². The molecule has 0 aromatic heterocycles. The quantitative estimate of drug-likeness (QED) is 0.853. The van der Waals surface area contributed by atoms with Crippen LogP contribution in [-0.2, 0) is 6.54 Å². The van der Waals surface area contributed by atoms with Crippen molar-refractivity contribution in [3.63, 3.8) is 0 Å². The van der Waals surface area contributed by atoms with Crippen LogP contribution in [0.15, 0.2) is 46.9 Å². The Labute approximate surface area is 113 Å². The fraction of sp³-hybridized carbons (Fsp3) is 0.0769. The van der Waals surface area contributed by atoms with Crippen molar-refractivity contribution in [3.8, 4) is 0 Å². The molecule has 2 aromatic carbocycles. The maximum absolute atomic E-state index is 13.5. The number of anilines is 1. The second-order valence-electron chi connectivity index (χ2n) is 3.60. The minimum absolute atomic E-state index is 0.290. The van der Waals surface area contributed by atoms with Gasteiger partial charge in [0.25, 0.3) is 0 Å². The molecule has 0 spiro atoms. The van der Waals surface area contributed by atoms with Gasteiger partial charge in [0.2, 0.25) is 0 Å². The second kappa shape index (κ2) is 5.52. The van der Waals surface area contributed by atoms with Gasteiger partial charge in [-0.1, -0.05) is 33.6 Å². The molecule has 17 heavy (non-hydrogen) atoms. The van der Waals surface area contributed by atoms with Crippen molar-refractivity contribution in [3.05, 3.63) is 63.3 Å². The molecule has 4 heteroatoms. The number of hydrogen-bond donors (Lipinski definition) is 1. The monoisotopic (exact) mass is 313 g/mol. The van der Waals surface area contributed by atoms with E-state index >= 15 is 0 Å². The minimum Gasteiger partial charge on any atom is -0.381 e. The molecule has 0 heterocycles. The number of rotatable bonds is 3. The Morgan fingerprint density at radius 1 is 1.12 bits per heavy atom. The Morgan fingerprint density at radius 2 is 1.82 bits per heavy atom. The van der Waals surface area contributed by atoms with Gasteiger partial charge in [-0.15, -0.1) is 0 Å². The zero-order valence-electron chi connectivity index (χ0n) is 8.88. The van der Waals surface area contributed by atoms with Crippen LogP contribution in [0, 0.1) is 5.82 Å². The lowest BCUT2D eigenvalue weighted by atomic mass is 10.2. The highest BCUT2D eigenvalue weighted by atomic mass is 79.9. The summed E-state index contributed by atoms with van der Waals surface area (Å²) in [4.78, 5) is 0. The summed E-state index contributed by atoms with van der Waals surface area (Å²) in [5, 5.41) is 3.56. The van der Waals surface area contributed by atoms with E-state index in [-0.39, 0.29) is 5.82 Å². The molecule has 0 aliphatic carbocycles. The van der Waals surface area contributed by atoms with Gasteiger partial charge in [-0.05, 0) is 36.4 Å². The number of hydrogen-bond acceptors (Lipinski definition) is 1. The summed E-state index contributed by atoms with van der Waals surface area (Å²) in [6.45, 7) is 0.435. The molecule has 0 aliphatic rings. The van der Waals surface area contributed by atoms with Crippen LogP contribution < -0.4 is 5.32 Å². The average molecular weight is 315 g/mol. The van der Waals surface area contributed by atoms with Crippen molar-refractivity contribution < 1.29 is 4.39 Å². The van der Waals surface area contributed by atoms with Gasteiger partial charge >= 0.3 is 0 Å². The first kappa shape index (κ1) is 12.4. The molecule has 0 saturated carbocycles. The summed E-state index contributed by atoms with van der Waals surface area (Å²) in [5.74, 6) is -0.290. The van der Waals surface area contributed by atoms with Gasteiger partial charge in [0.05, 0.1) is 0 Å². The molecule has 0 radical (unpaired) electrons. The van der Waals surface area contributed by atoms with Crippen LogP contribution in [0.4, 0.5) is 10.1 Å². The number of nitrogens with one attached hydrogen (secondary N) is 1. The van der Waals surface area contributed by atoms with Crippen molar-refractivity contribution in [1.82, 2.24) is 0 Å². The molecule has 0 amide bonds. The first-order valence-corrected chi connectivity index (χ1v) is 6.25. The van der Waals surface area contributed by atoms with Gasteiger partial charge < -0.3 is 5.32 Å².